The average Bonchev–Trinajstić information content (AvgIpc) is 3.21. The predicted molar refractivity (Wildman–Crippen MR) is 136 cm³/mol. The van der Waals surface area contributed by atoms with Crippen LogP contribution >= 0.6 is 11.3 Å². The molecule has 0 atom stereocenters. The molecule has 4 rings (SSSR count). The number of nitrogens with one attached hydrogen (secondary N) is 1. The summed E-state index contributed by atoms with van der Waals surface area (Å²) in [6.45, 7) is 10.4. The second-order valence-electron chi connectivity index (χ2n) is 8.58. The number of rotatable bonds is 10. The van der Waals surface area contributed by atoms with Crippen LogP contribution in [0.3, 0.4) is 0 Å². The van der Waals surface area contributed by atoms with Crippen molar-refractivity contribution in [1.82, 2.24) is 14.9 Å². The number of fused-ring (bicyclic) bond motifs is 1. The molecule has 0 saturated carbocycles. The van der Waals surface area contributed by atoms with Gasteiger partial charge in [-0.2, -0.15) is 0 Å². The van der Waals surface area contributed by atoms with Gasteiger partial charge in [-0.1, -0.05) is 58.0 Å². The molecule has 3 heterocycles. The van der Waals surface area contributed by atoms with E-state index in [4.69, 9.17) is 9.72 Å². The van der Waals surface area contributed by atoms with Crippen molar-refractivity contribution in [3.8, 4) is 11.6 Å². The maximum absolute atomic E-state index is 6.36. The standard InChI is InChI=1S/C25H33BN4OS/c1-4-6-14-26(3)19-10-7-8-12-22(19)31-24-21(11-9-15-27-24)29-25-28-20-13-17-30(16-5-2)18-23(20)32-25/h7-12,15H,4-6,13-14,16-18H2,1-3H3,(H,28,29). The van der Waals surface area contributed by atoms with E-state index in [1.54, 1.807) is 17.5 Å². The molecular formula is C25H33BN4OS. The number of thiazole rings is 1. The first-order valence-electron chi connectivity index (χ1n) is 11.9. The molecule has 0 radical (unpaired) electrons. The second-order valence-corrected chi connectivity index (χ2v) is 9.66. The molecule has 0 spiro atoms. The predicted octanol–water partition coefficient (Wildman–Crippen LogP) is 5.97. The molecule has 7 heteroatoms. The number of nitrogens with zero attached hydrogens (tertiary/aromatic N) is 3. The zero-order valence-corrected chi connectivity index (χ0v) is 20.3. The summed E-state index contributed by atoms with van der Waals surface area (Å²) >= 11 is 1.74. The molecular weight excluding hydrogens is 415 g/mol. The van der Waals surface area contributed by atoms with Gasteiger partial charge in [0.25, 0.3) is 0 Å². The van der Waals surface area contributed by atoms with Gasteiger partial charge in [0.2, 0.25) is 5.88 Å². The van der Waals surface area contributed by atoms with Gasteiger partial charge in [0.15, 0.2) is 11.8 Å². The van der Waals surface area contributed by atoms with Crippen LogP contribution in [0.5, 0.6) is 11.6 Å². The number of hydrogen-bond donors (Lipinski definition) is 1. The molecule has 3 aromatic rings. The van der Waals surface area contributed by atoms with E-state index in [0.29, 0.717) is 12.6 Å². The van der Waals surface area contributed by atoms with Gasteiger partial charge in [-0.25, -0.2) is 9.97 Å². The van der Waals surface area contributed by atoms with Crippen molar-refractivity contribution in [2.75, 3.05) is 18.4 Å². The summed E-state index contributed by atoms with van der Waals surface area (Å²) in [7, 11) is 0. The molecule has 5 nitrogen and oxygen atoms in total. The number of hydrogen-bond acceptors (Lipinski definition) is 6. The van der Waals surface area contributed by atoms with Crippen molar-refractivity contribution in [1.29, 1.82) is 0 Å². The lowest BCUT2D eigenvalue weighted by Crippen LogP contribution is -2.30. The quantitative estimate of drug-likeness (QED) is 0.387. The Hall–Kier alpha value is -2.38. The van der Waals surface area contributed by atoms with Crippen LogP contribution in [0.2, 0.25) is 13.1 Å². The highest BCUT2D eigenvalue weighted by Crippen LogP contribution is 2.34. The van der Waals surface area contributed by atoms with E-state index in [0.717, 1.165) is 48.9 Å². The van der Waals surface area contributed by atoms with E-state index in [1.807, 2.05) is 24.3 Å². The normalized spacial score (nSPS) is 13.6. The lowest BCUT2D eigenvalue weighted by Gasteiger charge is -2.24. The van der Waals surface area contributed by atoms with Crippen LogP contribution in [-0.4, -0.2) is 34.7 Å². The summed E-state index contributed by atoms with van der Waals surface area (Å²) in [5.41, 5.74) is 3.31. The van der Waals surface area contributed by atoms with Gasteiger partial charge in [0, 0.05) is 30.6 Å². The van der Waals surface area contributed by atoms with Gasteiger partial charge in [0.05, 0.1) is 5.69 Å². The highest BCUT2D eigenvalue weighted by atomic mass is 32.1. The Bertz CT molecular complexity index is 1020. The summed E-state index contributed by atoms with van der Waals surface area (Å²) in [6, 6.07) is 12.3. The Morgan fingerprint density at radius 2 is 2.03 bits per heavy atom. The molecule has 0 saturated heterocycles. The van der Waals surface area contributed by atoms with E-state index in [1.165, 1.54) is 35.3 Å². The number of ether oxygens (including phenoxy) is 1. The largest absolute Gasteiger partial charge is 0.438 e. The number of anilines is 2. The highest BCUT2D eigenvalue weighted by Gasteiger charge is 2.21. The average molecular weight is 448 g/mol. The molecule has 2 aromatic heterocycles. The molecule has 32 heavy (non-hydrogen) atoms. The maximum Gasteiger partial charge on any atom is 0.243 e. The fraction of sp³-hybridized carbons (Fsp3) is 0.440. The van der Waals surface area contributed by atoms with Crippen LogP contribution in [0.1, 0.15) is 43.7 Å². The van der Waals surface area contributed by atoms with E-state index < -0.39 is 0 Å². The van der Waals surface area contributed by atoms with Gasteiger partial charge in [0.1, 0.15) is 11.4 Å². The molecule has 1 N–H and O–H groups in total. The molecule has 0 fully saturated rings. The Kier molecular flexibility index (Phi) is 7.82. The van der Waals surface area contributed by atoms with Gasteiger partial charge >= 0.3 is 0 Å². The fourth-order valence-electron chi connectivity index (χ4n) is 4.24. The minimum atomic E-state index is 0.447. The molecule has 0 aliphatic carbocycles. The third kappa shape index (κ3) is 5.51. The fourth-order valence-corrected chi connectivity index (χ4v) is 5.30. The molecule has 0 bridgehead atoms. The summed E-state index contributed by atoms with van der Waals surface area (Å²) in [5.74, 6) is 1.47. The third-order valence-electron chi connectivity index (χ3n) is 6.01. The van der Waals surface area contributed by atoms with Crippen LogP contribution in [0.15, 0.2) is 42.6 Å². The Labute approximate surface area is 196 Å². The van der Waals surface area contributed by atoms with Crippen LogP contribution in [-0.2, 0) is 13.0 Å². The second kappa shape index (κ2) is 11.0. The van der Waals surface area contributed by atoms with Crippen molar-refractivity contribution in [2.45, 2.75) is 59.2 Å². The number of unbranched alkanes of at least 4 members (excludes halogenated alkanes) is 1. The Morgan fingerprint density at radius 3 is 2.88 bits per heavy atom. The van der Waals surface area contributed by atoms with Crippen molar-refractivity contribution >= 4 is 34.3 Å². The summed E-state index contributed by atoms with van der Waals surface area (Å²) < 4.78 is 6.36. The molecule has 0 amide bonds. The zero-order valence-electron chi connectivity index (χ0n) is 19.4. The summed E-state index contributed by atoms with van der Waals surface area (Å²) in [4.78, 5) is 13.3. The van der Waals surface area contributed by atoms with Crippen molar-refractivity contribution < 1.29 is 4.74 Å². The van der Waals surface area contributed by atoms with E-state index >= 15 is 0 Å². The lowest BCUT2D eigenvalue weighted by atomic mass is 9.44. The van der Waals surface area contributed by atoms with Crippen LogP contribution in [0.25, 0.3) is 0 Å². The minimum Gasteiger partial charge on any atom is -0.438 e. The van der Waals surface area contributed by atoms with Crippen molar-refractivity contribution in [3.63, 3.8) is 0 Å². The zero-order chi connectivity index (χ0) is 22.3. The number of pyridine rings is 1. The van der Waals surface area contributed by atoms with Gasteiger partial charge < -0.3 is 10.1 Å². The first kappa shape index (κ1) is 22.8. The Morgan fingerprint density at radius 1 is 1.16 bits per heavy atom. The van der Waals surface area contributed by atoms with Gasteiger partial charge in [-0.15, -0.1) is 11.3 Å². The van der Waals surface area contributed by atoms with Crippen molar-refractivity contribution in [2.24, 2.45) is 0 Å². The molecule has 1 aromatic carbocycles. The summed E-state index contributed by atoms with van der Waals surface area (Å²) in [5, 5.41) is 4.39. The van der Waals surface area contributed by atoms with E-state index in [-0.39, 0.29) is 0 Å². The van der Waals surface area contributed by atoms with Crippen LogP contribution in [0, 0.1) is 0 Å². The van der Waals surface area contributed by atoms with Gasteiger partial charge in [-0.05, 0) is 36.6 Å². The van der Waals surface area contributed by atoms with E-state index in [2.05, 4.69) is 48.0 Å². The molecule has 0 unspecified atom stereocenters. The van der Waals surface area contributed by atoms with Crippen LogP contribution < -0.4 is 15.5 Å². The molecule has 1 aliphatic heterocycles. The minimum absolute atomic E-state index is 0.447. The summed E-state index contributed by atoms with van der Waals surface area (Å²) in [6.07, 6.45) is 7.57. The first-order valence-corrected chi connectivity index (χ1v) is 12.7. The monoisotopic (exact) mass is 448 g/mol. The number of aromatic nitrogens is 2. The van der Waals surface area contributed by atoms with Crippen molar-refractivity contribution in [3.05, 3.63) is 53.2 Å². The van der Waals surface area contributed by atoms with Crippen LogP contribution in [0.4, 0.5) is 10.8 Å². The van der Waals surface area contributed by atoms with Gasteiger partial charge in [-0.3, -0.25) is 4.90 Å². The smallest absolute Gasteiger partial charge is 0.243 e. The molecule has 1 aliphatic rings. The SMILES string of the molecule is CCCCB(C)c1ccccc1Oc1ncccc1Nc1nc2c(s1)CN(CCC)CC2. The third-order valence-corrected chi connectivity index (χ3v) is 7.01. The first-order chi connectivity index (χ1) is 15.7. The topological polar surface area (TPSA) is 50.3 Å². The van der Waals surface area contributed by atoms with E-state index in [9.17, 15) is 0 Å². The lowest BCUT2D eigenvalue weighted by molar-refractivity contribution is 0.256. The number of benzene rings is 1. The number of para-hydroxylation sites is 1. The molecule has 168 valence electrons. The Balaban J connectivity index is 1.52. The maximum atomic E-state index is 6.36. The highest BCUT2D eigenvalue weighted by molar-refractivity contribution is 7.15.